The van der Waals surface area contributed by atoms with Gasteiger partial charge in [-0.25, -0.2) is 4.79 Å². The lowest BCUT2D eigenvalue weighted by Gasteiger charge is -2.08. The van der Waals surface area contributed by atoms with E-state index in [-0.39, 0.29) is 18.1 Å². The monoisotopic (exact) mass is 272 g/mol. The summed E-state index contributed by atoms with van der Waals surface area (Å²) < 4.78 is 1.42. The van der Waals surface area contributed by atoms with E-state index < -0.39 is 5.97 Å². The van der Waals surface area contributed by atoms with Gasteiger partial charge in [-0.05, 0) is 24.1 Å². The molecule has 1 aromatic carbocycles. The van der Waals surface area contributed by atoms with Gasteiger partial charge in [-0.15, -0.1) is 0 Å². The highest BCUT2D eigenvalue weighted by atomic mass is 16.4. The van der Waals surface area contributed by atoms with Crippen LogP contribution in [0.2, 0.25) is 0 Å². The molecule has 5 nitrogen and oxygen atoms in total. The van der Waals surface area contributed by atoms with Crippen LogP contribution in [0.4, 0.5) is 0 Å². The van der Waals surface area contributed by atoms with E-state index in [0.29, 0.717) is 6.54 Å². The van der Waals surface area contributed by atoms with Gasteiger partial charge in [0.2, 0.25) is 5.91 Å². The molecule has 0 radical (unpaired) electrons. The highest BCUT2D eigenvalue weighted by molar-refractivity contribution is 5.86. The average Bonchev–Trinajstić information content (AvgIpc) is 2.88. The molecule has 20 heavy (non-hydrogen) atoms. The number of nitrogens with zero attached hydrogens (tertiary/aromatic N) is 1. The zero-order chi connectivity index (χ0) is 14.4. The second-order valence-electron chi connectivity index (χ2n) is 4.41. The number of aromatic nitrogens is 1. The number of nitrogens with one attached hydrogen (secondary N) is 1. The molecule has 2 aromatic rings. The number of hydrogen-bond donors (Lipinski definition) is 2. The Morgan fingerprint density at radius 2 is 1.85 bits per heavy atom. The fourth-order valence-corrected chi connectivity index (χ4v) is 1.95. The van der Waals surface area contributed by atoms with Gasteiger partial charge in [0.1, 0.15) is 12.2 Å². The Morgan fingerprint density at radius 3 is 2.55 bits per heavy atom. The highest BCUT2D eigenvalue weighted by Gasteiger charge is 2.11. The van der Waals surface area contributed by atoms with Crippen molar-refractivity contribution in [3.8, 4) is 0 Å². The average molecular weight is 272 g/mol. The smallest absolute Gasteiger partial charge is 0.352 e. The highest BCUT2D eigenvalue weighted by Crippen LogP contribution is 2.02. The van der Waals surface area contributed by atoms with Gasteiger partial charge in [0.05, 0.1) is 0 Å². The molecular weight excluding hydrogens is 256 g/mol. The molecule has 1 aromatic heterocycles. The van der Waals surface area contributed by atoms with Crippen molar-refractivity contribution in [3.63, 3.8) is 0 Å². The van der Waals surface area contributed by atoms with Gasteiger partial charge in [-0.2, -0.15) is 0 Å². The van der Waals surface area contributed by atoms with Crippen molar-refractivity contribution in [2.75, 3.05) is 6.54 Å². The molecule has 0 atom stereocenters. The maximum absolute atomic E-state index is 11.8. The molecule has 1 heterocycles. The number of aromatic carboxylic acids is 1. The molecule has 0 spiro atoms. The van der Waals surface area contributed by atoms with Crippen LogP contribution in [0.15, 0.2) is 48.7 Å². The van der Waals surface area contributed by atoms with Gasteiger partial charge in [0.25, 0.3) is 0 Å². The summed E-state index contributed by atoms with van der Waals surface area (Å²) in [6.45, 7) is 0.552. The van der Waals surface area contributed by atoms with Crippen molar-refractivity contribution in [1.82, 2.24) is 9.88 Å². The molecule has 0 bridgehead atoms. The molecule has 0 aliphatic carbocycles. The van der Waals surface area contributed by atoms with Crippen LogP contribution >= 0.6 is 0 Å². The molecule has 5 heteroatoms. The van der Waals surface area contributed by atoms with Crippen LogP contribution in [0.5, 0.6) is 0 Å². The number of carboxylic acids is 1. The summed E-state index contributed by atoms with van der Waals surface area (Å²) in [5.41, 5.74) is 1.27. The topological polar surface area (TPSA) is 71.3 Å². The first-order chi connectivity index (χ1) is 9.66. The molecule has 2 N–H and O–H groups in total. The Hall–Kier alpha value is -2.56. The number of hydrogen-bond acceptors (Lipinski definition) is 2. The lowest BCUT2D eigenvalue weighted by Crippen LogP contribution is -2.30. The van der Waals surface area contributed by atoms with Crippen molar-refractivity contribution in [2.24, 2.45) is 0 Å². The zero-order valence-electron chi connectivity index (χ0n) is 11.0. The molecule has 0 unspecified atom stereocenters. The van der Waals surface area contributed by atoms with E-state index in [1.807, 2.05) is 30.3 Å². The molecule has 0 saturated heterocycles. The number of benzene rings is 1. The summed E-state index contributed by atoms with van der Waals surface area (Å²) in [6, 6.07) is 12.9. The van der Waals surface area contributed by atoms with Gasteiger partial charge >= 0.3 is 5.97 Å². The molecule has 104 valence electrons. The normalized spacial score (nSPS) is 10.2. The lowest BCUT2D eigenvalue weighted by atomic mass is 10.1. The number of carbonyl (C=O) groups is 2. The van der Waals surface area contributed by atoms with Gasteiger partial charge in [0.15, 0.2) is 0 Å². The van der Waals surface area contributed by atoms with E-state index in [1.54, 1.807) is 12.3 Å². The largest absolute Gasteiger partial charge is 0.477 e. The molecule has 0 fully saturated rings. The SMILES string of the molecule is O=C(Cn1cccc1C(=O)O)NCCc1ccccc1. The number of carbonyl (C=O) groups excluding carboxylic acids is 1. The maximum atomic E-state index is 11.8. The van der Waals surface area contributed by atoms with Crippen molar-refractivity contribution in [2.45, 2.75) is 13.0 Å². The van der Waals surface area contributed by atoms with Crippen LogP contribution in [0, 0.1) is 0 Å². The molecule has 2 rings (SSSR count). The summed E-state index contributed by atoms with van der Waals surface area (Å²) in [5.74, 6) is -1.23. The molecule has 0 saturated carbocycles. The van der Waals surface area contributed by atoms with E-state index in [0.717, 1.165) is 12.0 Å². The van der Waals surface area contributed by atoms with Crippen molar-refractivity contribution in [1.29, 1.82) is 0 Å². The maximum Gasteiger partial charge on any atom is 0.352 e. The molecule has 0 aliphatic heterocycles. The van der Waals surface area contributed by atoms with Crippen LogP contribution in [0.1, 0.15) is 16.1 Å². The van der Waals surface area contributed by atoms with Crippen molar-refractivity contribution < 1.29 is 14.7 Å². The third kappa shape index (κ3) is 3.71. The van der Waals surface area contributed by atoms with E-state index in [1.165, 1.54) is 10.6 Å². The van der Waals surface area contributed by atoms with Crippen LogP contribution < -0.4 is 5.32 Å². The van der Waals surface area contributed by atoms with Crippen LogP contribution in [0.3, 0.4) is 0 Å². The summed E-state index contributed by atoms with van der Waals surface area (Å²) in [7, 11) is 0. The van der Waals surface area contributed by atoms with E-state index >= 15 is 0 Å². The summed E-state index contributed by atoms with van der Waals surface area (Å²) >= 11 is 0. The van der Waals surface area contributed by atoms with Gasteiger partial charge in [-0.1, -0.05) is 30.3 Å². The Kier molecular flexibility index (Phi) is 4.55. The van der Waals surface area contributed by atoms with E-state index in [4.69, 9.17) is 5.11 Å². The molecule has 0 aliphatic rings. The third-order valence-electron chi connectivity index (χ3n) is 2.94. The minimum Gasteiger partial charge on any atom is -0.477 e. The minimum atomic E-state index is -1.04. The third-order valence-corrected chi connectivity index (χ3v) is 2.94. The molecular formula is C15H16N2O3. The van der Waals surface area contributed by atoms with Crippen LogP contribution in [-0.2, 0) is 17.8 Å². The predicted molar refractivity (Wildman–Crippen MR) is 74.5 cm³/mol. The number of amides is 1. The summed E-state index contributed by atoms with van der Waals surface area (Å²) in [6.07, 6.45) is 2.34. The Morgan fingerprint density at radius 1 is 1.10 bits per heavy atom. The molecule has 1 amide bonds. The summed E-state index contributed by atoms with van der Waals surface area (Å²) in [5, 5.41) is 11.7. The van der Waals surface area contributed by atoms with Gasteiger partial charge < -0.3 is 15.0 Å². The lowest BCUT2D eigenvalue weighted by molar-refractivity contribution is -0.121. The second kappa shape index (κ2) is 6.56. The van der Waals surface area contributed by atoms with Gasteiger partial charge in [0, 0.05) is 12.7 Å². The predicted octanol–water partition coefficient (Wildman–Crippen LogP) is 1.55. The quantitative estimate of drug-likeness (QED) is 0.838. The second-order valence-corrected chi connectivity index (χ2v) is 4.41. The summed E-state index contributed by atoms with van der Waals surface area (Å²) in [4.78, 5) is 22.7. The zero-order valence-corrected chi connectivity index (χ0v) is 11.0. The first kappa shape index (κ1) is 13.9. The first-order valence-corrected chi connectivity index (χ1v) is 6.36. The Labute approximate surface area is 116 Å². The number of carboxylic acid groups (broad SMARTS) is 1. The number of rotatable bonds is 6. The van der Waals surface area contributed by atoms with Crippen molar-refractivity contribution >= 4 is 11.9 Å². The Bertz CT molecular complexity index is 590. The van der Waals surface area contributed by atoms with E-state index in [2.05, 4.69) is 5.32 Å². The van der Waals surface area contributed by atoms with Crippen LogP contribution in [-0.4, -0.2) is 28.1 Å². The van der Waals surface area contributed by atoms with Crippen LogP contribution in [0.25, 0.3) is 0 Å². The van der Waals surface area contributed by atoms with E-state index in [9.17, 15) is 9.59 Å². The Balaban J connectivity index is 1.81. The fraction of sp³-hybridized carbons (Fsp3) is 0.200. The fourth-order valence-electron chi connectivity index (χ4n) is 1.95. The standard InChI is InChI=1S/C15H16N2O3/c18-14(11-17-10-4-7-13(17)15(19)20)16-9-8-12-5-2-1-3-6-12/h1-7,10H,8-9,11H2,(H,16,18)(H,19,20). The van der Waals surface area contributed by atoms with Crippen molar-refractivity contribution in [3.05, 3.63) is 59.9 Å². The van der Waals surface area contributed by atoms with Gasteiger partial charge in [-0.3, -0.25) is 4.79 Å². The minimum absolute atomic E-state index is 0.0173. The first-order valence-electron chi connectivity index (χ1n) is 6.36.